The van der Waals surface area contributed by atoms with Gasteiger partial charge in [0, 0.05) is 17.7 Å². The van der Waals surface area contributed by atoms with Gasteiger partial charge in [0.15, 0.2) is 0 Å². The lowest BCUT2D eigenvalue weighted by molar-refractivity contribution is -0.384. The Balaban J connectivity index is 3.09. The minimum Gasteiger partial charge on any atom is -0.349 e. The van der Waals surface area contributed by atoms with Crippen molar-refractivity contribution in [2.75, 3.05) is 0 Å². The van der Waals surface area contributed by atoms with E-state index in [2.05, 4.69) is 5.32 Å². The maximum absolute atomic E-state index is 12.1. The fraction of sp³-hybridized carbons (Fsp3) is 0.462. The summed E-state index contributed by atoms with van der Waals surface area (Å²) < 4.78 is 0. The van der Waals surface area contributed by atoms with E-state index in [1.807, 2.05) is 27.7 Å². The van der Waals surface area contributed by atoms with Crippen molar-refractivity contribution >= 4 is 34.8 Å². The van der Waals surface area contributed by atoms with Crippen molar-refractivity contribution in [3.63, 3.8) is 0 Å². The first-order chi connectivity index (χ1) is 9.04. The molecule has 0 saturated heterocycles. The van der Waals surface area contributed by atoms with Gasteiger partial charge in [-0.2, -0.15) is 0 Å². The molecule has 5 nitrogen and oxygen atoms in total. The molecule has 1 N–H and O–H groups in total. The van der Waals surface area contributed by atoms with Crippen LogP contribution in [0.15, 0.2) is 12.1 Å². The Hall–Kier alpha value is -1.33. The Morgan fingerprint density at radius 1 is 1.35 bits per heavy atom. The van der Waals surface area contributed by atoms with Gasteiger partial charge < -0.3 is 5.32 Å². The highest BCUT2D eigenvalue weighted by molar-refractivity contribution is 6.43. The van der Waals surface area contributed by atoms with E-state index in [1.165, 1.54) is 6.07 Å². The first-order valence-corrected chi connectivity index (χ1v) is 6.74. The van der Waals surface area contributed by atoms with Gasteiger partial charge in [-0.05, 0) is 18.4 Å². The van der Waals surface area contributed by atoms with E-state index in [-0.39, 0.29) is 32.8 Å². The van der Waals surface area contributed by atoms with Crippen LogP contribution in [0.2, 0.25) is 10.0 Å². The first-order valence-electron chi connectivity index (χ1n) is 5.98. The van der Waals surface area contributed by atoms with E-state index in [0.29, 0.717) is 0 Å². The van der Waals surface area contributed by atoms with Crippen LogP contribution in [0.1, 0.15) is 38.1 Å². The van der Waals surface area contributed by atoms with Crippen LogP contribution in [-0.2, 0) is 0 Å². The molecule has 1 amide bonds. The van der Waals surface area contributed by atoms with Crippen molar-refractivity contribution in [2.24, 2.45) is 5.41 Å². The third kappa shape index (κ3) is 3.84. The number of nitrogens with zero attached hydrogens (tertiary/aromatic N) is 1. The van der Waals surface area contributed by atoms with Crippen molar-refractivity contribution in [2.45, 2.75) is 33.7 Å². The van der Waals surface area contributed by atoms with E-state index in [4.69, 9.17) is 23.2 Å². The second-order valence-corrected chi connectivity index (χ2v) is 6.39. The van der Waals surface area contributed by atoms with Gasteiger partial charge >= 0.3 is 0 Å². The number of amides is 1. The maximum atomic E-state index is 12.1. The highest BCUT2D eigenvalue weighted by Gasteiger charge is 2.24. The number of nitro groups is 1. The molecule has 0 fully saturated rings. The minimum absolute atomic E-state index is 0.0190. The summed E-state index contributed by atoms with van der Waals surface area (Å²) in [6, 6.07) is 2.34. The van der Waals surface area contributed by atoms with E-state index in [1.54, 1.807) is 0 Å². The Labute approximate surface area is 127 Å². The second-order valence-electron chi connectivity index (χ2n) is 5.61. The van der Waals surface area contributed by atoms with Crippen LogP contribution in [0.25, 0.3) is 0 Å². The van der Waals surface area contributed by atoms with Gasteiger partial charge in [0.1, 0.15) is 5.02 Å². The average molecular weight is 319 g/mol. The van der Waals surface area contributed by atoms with Crippen LogP contribution in [0, 0.1) is 15.5 Å². The molecule has 0 aliphatic carbocycles. The summed E-state index contributed by atoms with van der Waals surface area (Å²) in [4.78, 5) is 22.3. The Bertz CT molecular complexity index is 553. The number of halogens is 2. The quantitative estimate of drug-likeness (QED) is 0.674. The van der Waals surface area contributed by atoms with Gasteiger partial charge in [-0.1, -0.05) is 44.0 Å². The number of benzene rings is 1. The van der Waals surface area contributed by atoms with Gasteiger partial charge in [-0.15, -0.1) is 0 Å². The largest absolute Gasteiger partial charge is 0.349 e. The van der Waals surface area contributed by atoms with Crippen molar-refractivity contribution in [3.8, 4) is 0 Å². The Kier molecular flexibility index (Phi) is 5.00. The van der Waals surface area contributed by atoms with Crippen molar-refractivity contribution in [3.05, 3.63) is 37.9 Å². The molecule has 0 bridgehead atoms. The van der Waals surface area contributed by atoms with E-state index >= 15 is 0 Å². The fourth-order valence-electron chi connectivity index (χ4n) is 1.33. The molecular formula is C13H16Cl2N2O3. The molecule has 0 heterocycles. The summed E-state index contributed by atoms with van der Waals surface area (Å²) >= 11 is 11.6. The van der Waals surface area contributed by atoms with Crippen LogP contribution >= 0.6 is 23.2 Å². The van der Waals surface area contributed by atoms with E-state index < -0.39 is 10.8 Å². The SMILES string of the molecule is CC(NC(=O)c1cc(Cl)c(Cl)c([N+](=O)[O-])c1)C(C)(C)C. The number of hydrogen-bond acceptors (Lipinski definition) is 3. The molecule has 1 aromatic carbocycles. The number of nitrogens with one attached hydrogen (secondary N) is 1. The summed E-state index contributed by atoms with van der Waals surface area (Å²) in [5, 5.41) is 13.5. The number of rotatable bonds is 3. The summed E-state index contributed by atoms with van der Waals surface area (Å²) in [7, 11) is 0. The van der Waals surface area contributed by atoms with Crippen molar-refractivity contribution in [1.29, 1.82) is 0 Å². The van der Waals surface area contributed by atoms with E-state index in [9.17, 15) is 14.9 Å². The molecule has 1 rings (SSSR count). The molecule has 0 saturated carbocycles. The molecular weight excluding hydrogens is 303 g/mol. The fourth-order valence-corrected chi connectivity index (χ4v) is 1.73. The highest BCUT2D eigenvalue weighted by atomic mass is 35.5. The van der Waals surface area contributed by atoms with Crippen LogP contribution in [-0.4, -0.2) is 16.9 Å². The van der Waals surface area contributed by atoms with Gasteiger partial charge in [0.05, 0.1) is 9.95 Å². The molecule has 0 aromatic heterocycles. The lowest BCUT2D eigenvalue weighted by Gasteiger charge is -2.28. The van der Waals surface area contributed by atoms with Crippen molar-refractivity contribution < 1.29 is 9.72 Å². The third-order valence-corrected chi connectivity index (χ3v) is 3.91. The smallest absolute Gasteiger partial charge is 0.290 e. The van der Waals surface area contributed by atoms with Crippen molar-refractivity contribution in [1.82, 2.24) is 5.32 Å². The zero-order chi connectivity index (χ0) is 15.7. The zero-order valence-corrected chi connectivity index (χ0v) is 13.2. The molecule has 1 aromatic rings. The van der Waals surface area contributed by atoms with Crippen LogP contribution in [0.5, 0.6) is 0 Å². The monoisotopic (exact) mass is 318 g/mol. The predicted molar refractivity (Wildman–Crippen MR) is 79.5 cm³/mol. The summed E-state index contributed by atoms with van der Waals surface area (Å²) in [5.41, 5.74) is -0.396. The van der Waals surface area contributed by atoms with Gasteiger partial charge in [0.25, 0.3) is 11.6 Å². The number of carbonyl (C=O) groups excluding carboxylic acids is 1. The molecule has 7 heteroatoms. The first kappa shape index (κ1) is 16.7. The lowest BCUT2D eigenvalue weighted by Crippen LogP contribution is -2.41. The summed E-state index contributed by atoms with van der Waals surface area (Å²) in [6.07, 6.45) is 0. The van der Waals surface area contributed by atoms with Crippen LogP contribution < -0.4 is 5.32 Å². The molecule has 1 unspecified atom stereocenters. The van der Waals surface area contributed by atoms with Crippen LogP contribution in [0.3, 0.4) is 0 Å². The lowest BCUT2D eigenvalue weighted by atomic mass is 9.88. The van der Waals surface area contributed by atoms with Gasteiger partial charge in [-0.3, -0.25) is 14.9 Å². The summed E-state index contributed by atoms with van der Waals surface area (Å²) in [5.74, 6) is -0.422. The third-order valence-electron chi connectivity index (χ3n) is 3.11. The maximum Gasteiger partial charge on any atom is 0.290 e. The van der Waals surface area contributed by atoms with Crippen LogP contribution in [0.4, 0.5) is 5.69 Å². The Morgan fingerprint density at radius 3 is 2.35 bits per heavy atom. The molecule has 110 valence electrons. The normalized spacial score (nSPS) is 12.9. The van der Waals surface area contributed by atoms with Gasteiger partial charge in [0.2, 0.25) is 0 Å². The zero-order valence-electron chi connectivity index (χ0n) is 11.7. The molecule has 20 heavy (non-hydrogen) atoms. The molecule has 0 aliphatic rings. The average Bonchev–Trinajstić information content (AvgIpc) is 2.30. The molecule has 0 radical (unpaired) electrons. The molecule has 0 aliphatic heterocycles. The number of nitro benzene ring substituents is 1. The standard InChI is InChI=1S/C13H16Cl2N2O3/c1-7(13(2,3)4)16-12(18)8-5-9(14)11(15)10(6-8)17(19)20/h5-7H,1-4H3,(H,16,18). The van der Waals surface area contributed by atoms with Gasteiger partial charge in [-0.25, -0.2) is 0 Å². The summed E-state index contributed by atoms with van der Waals surface area (Å²) in [6.45, 7) is 7.81. The highest BCUT2D eigenvalue weighted by Crippen LogP contribution is 2.33. The van der Waals surface area contributed by atoms with E-state index in [0.717, 1.165) is 6.07 Å². The number of carbonyl (C=O) groups is 1. The molecule has 1 atom stereocenters. The minimum atomic E-state index is -0.668. The Morgan fingerprint density at radius 2 is 1.90 bits per heavy atom. The number of hydrogen-bond donors (Lipinski definition) is 1. The predicted octanol–water partition coefficient (Wildman–Crippen LogP) is 4.07. The second kappa shape index (κ2) is 5.97. The molecule has 0 spiro atoms. The topological polar surface area (TPSA) is 72.2 Å².